The van der Waals surface area contributed by atoms with Crippen molar-refractivity contribution in [1.29, 1.82) is 0 Å². The lowest BCUT2D eigenvalue weighted by Crippen LogP contribution is -2.33. The van der Waals surface area contributed by atoms with E-state index in [1.165, 1.54) is 7.11 Å². The first-order valence-corrected chi connectivity index (χ1v) is 2.86. The van der Waals surface area contributed by atoms with Gasteiger partial charge in [0.2, 0.25) is 0 Å². The summed E-state index contributed by atoms with van der Waals surface area (Å²) in [4.78, 5) is 0. The van der Waals surface area contributed by atoms with E-state index in [0.29, 0.717) is 0 Å². The zero-order chi connectivity index (χ0) is 7.49. The summed E-state index contributed by atoms with van der Waals surface area (Å²) in [5.74, 6) is 0. The number of methoxy groups -OCH3 is 1. The van der Waals surface area contributed by atoms with E-state index in [9.17, 15) is 0 Å². The Morgan fingerprint density at radius 3 is 2.11 bits per heavy atom. The van der Waals surface area contributed by atoms with Gasteiger partial charge in [0.25, 0.3) is 0 Å². The van der Waals surface area contributed by atoms with Crippen LogP contribution in [0.15, 0.2) is 0 Å². The molecule has 0 aliphatic carbocycles. The van der Waals surface area contributed by atoms with Gasteiger partial charge < -0.3 is 14.9 Å². The second-order valence-corrected chi connectivity index (χ2v) is 2.73. The minimum atomic E-state index is -0.887. The molecule has 0 amide bonds. The van der Waals surface area contributed by atoms with Gasteiger partial charge in [0.1, 0.15) is 0 Å². The van der Waals surface area contributed by atoms with Crippen molar-refractivity contribution in [3.8, 4) is 0 Å². The van der Waals surface area contributed by atoms with Gasteiger partial charge in [-0.3, -0.25) is 0 Å². The summed E-state index contributed by atoms with van der Waals surface area (Å²) in [6.07, 6.45) is -0.887. The zero-order valence-electron chi connectivity index (χ0n) is 6.09. The van der Waals surface area contributed by atoms with Crippen molar-refractivity contribution in [2.24, 2.45) is 5.41 Å². The molecular weight excluding hydrogens is 120 g/mol. The highest BCUT2D eigenvalue weighted by atomic mass is 16.6. The molecule has 0 heterocycles. The van der Waals surface area contributed by atoms with E-state index in [0.717, 1.165) is 0 Å². The highest BCUT2D eigenvalue weighted by Gasteiger charge is 2.26. The summed E-state index contributed by atoms with van der Waals surface area (Å²) in [5.41, 5.74) is -0.561. The van der Waals surface area contributed by atoms with Crippen molar-refractivity contribution < 1.29 is 14.9 Å². The Kier molecular flexibility index (Phi) is 3.11. The third kappa shape index (κ3) is 2.30. The normalized spacial score (nSPS) is 15.7. The van der Waals surface area contributed by atoms with E-state index in [1.807, 2.05) is 0 Å². The Balaban J connectivity index is 3.80. The molecule has 0 saturated carbocycles. The molecule has 56 valence electrons. The van der Waals surface area contributed by atoms with Crippen LogP contribution in [0, 0.1) is 5.41 Å². The largest absolute Gasteiger partial charge is 0.396 e. The predicted molar refractivity (Wildman–Crippen MR) is 33.9 cm³/mol. The number of aliphatic hydroxyl groups is 2. The van der Waals surface area contributed by atoms with Crippen LogP contribution in [0.25, 0.3) is 0 Å². The molecule has 0 rings (SSSR count). The Hall–Kier alpha value is -0.120. The summed E-state index contributed by atoms with van der Waals surface area (Å²) < 4.78 is 4.60. The van der Waals surface area contributed by atoms with Crippen molar-refractivity contribution in [2.75, 3.05) is 13.7 Å². The average molecular weight is 134 g/mol. The van der Waals surface area contributed by atoms with Crippen LogP contribution in [0.3, 0.4) is 0 Å². The summed E-state index contributed by atoms with van der Waals surface area (Å²) in [6.45, 7) is 3.37. The maximum atomic E-state index is 9.00. The quantitative estimate of drug-likeness (QED) is 0.533. The first-order valence-electron chi connectivity index (χ1n) is 2.86. The third-order valence-electron chi connectivity index (χ3n) is 1.30. The topological polar surface area (TPSA) is 49.7 Å². The zero-order valence-corrected chi connectivity index (χ0v) is 6.09. The molecule has 1 atom stereocenters. The highest BCUT2D eigenvalue weighted by Crippen LogP contribution is 2.19. The van der Waals surface area contributed by atoms with Gasteiger partial charge in [-0.2, -0.15) is 0 Å². The van der Waals surface area contributed by atoms with E-state index in [1.54, 1.807) is 13.8 Å². The van der Waals surface area contributed by atoms with Gasteiger partial charge in [0.05, 0.1) is 6.61 Å². The van der Waals surface area contributed by atoms with Gasteiger partial charge in [-0.15, -0.1) is 0 Å². The molecule has 0 aromatic carbocycles. The van der Waals surface area contributed by atoms with Gasteiger partial charge in [-0.25, -0.2) is 0 Å². The molecule has 0 aromatic rings. The number of rotatable bonds is 3. The van der Waals surface area contributed by atoms with Crippen LogP contribution in [-0.2, 0) is 4.74 Å². The maximum absolute atomic E-state index is 9.00. The minimum absolute atomic E-state index is 0.0813. The first-order chi connectivity index (χ1) is 4.04. The van der Waals surface area contributed by atoms with Crippen molar-refractivity contribution >= 4 is 0 Å². The van der Waals surface area contributed by atoms with Crippen molar-refractivity contribution in [3.63, 3.8) is 0 Å². The van der Waals surface area contributed by atoms with Crippen LogP contribution in [0.2, 0.25) is 0 Å². The van der Waals surface area contributed by atoms with E-state index in [-0.39, 0.29) is 6.61 Å². The van der Waals surface area contributed by atoms with Gasteiger partial charge in [0.15, 0.2) is 6.29 Å². The molecule has 0 radical (unpaired) electrons. The summed E-state index contributed by atoms with van der Waals surface area (Å²) >= 11 is 0. The van der Waals surface area contributed by atoms with Crippen LogP contribution in [0.5, 0.6) is 0 Å². The van der Waals surface area contributed by atoms with Gasteiger partial charge in [-0.1, -0.05) is 13.8 Å². The molecule has 0 fully saturated rings. The molecule has 1 unspecified atom stereocenters. The molecule has 2 N–H and O–H groups in total. The average Bonchev–Trinajstić information content (AvgIpc) is 1.86. The lowest BCUT2D eigenvalue weighted by Gasteiger charge is -2.26. The highest BCUT2D eigenvalue weighted by molar-refractivity contribution is 4.68. The van der Waals surface area contributed by atoms with Crippen LogP contribution < -0.4 is 0 Å². The second-order valence-electron chi connectivity index (χ2n) is 2.73. The number of hydrogen-bond donors (Lipinski definition) is 2. The Morgan fingerprint density at radius 1 is 1.56 bits per heavy atom. The molecule has 3 nitrogen and oxygen atoms in total. The summed E-state index contributed by atoms with van der Waals surface area (Å²) in [6, 6.07) is 0. The molecule has 0 saturated heterocycles. The van der Waals surface area contributed by atoms with Crippen LogP contribution in [0.1, 0.15) is 13.8 Å². The Bertz CT molecular complexity index is 80.4. The molecule has 0 aliphatic rings. The lowest BCUT2D eigenvalue weighted by atomic mass is 9.94. The second kappa shape index (κ2) is 3.15. The molecule has 0 spiro atoms. The molecular formula is C6H14O3. The van der Waals surface area contributed by atoms with Crippen LogP contribution in [0.4, 0.5) is 0 Å². The monoisotopic (exact) mass is 134 g/mol. The molecule has 0 aliphatic heterocycles. The minimum Gasteiger partial charge on any atom is -0.396 e. The molecule has 9 heavy (non-hydrogen) atoms. The fraction of sp³-hybridized carbons (Fsp3) is 1.00. The Labute approximate surface area is 55.3 Å². The summed E-state index contributed by atoms with van der Waals surface area (Å²) in [5, 5.41) is 17.7. The van der Waals surface area contributed by atoms with Crippen molar-refractivity contribution in [1.82, 2.24) is 0 Å². The van der Waals surface area contributed by atoms with E-state index in [2.05, 4.69) is 4.74 Å². The van der Waals surface area contributed by atoms with Crippen molar-refractivity contribution in [2.45, 2.75) is 20.1 Å². The predicted octanol–water partition coefficient (Wildman–Crippen LogP) is -0.0303. The molecule has 0 aromatic heterocycles. The van der Waals surface area contributed by atoms with E-state index >= 15 is 0 Å². The smallest absolute Gasteiger partial charge is 0.161 e. The van der Waals surface area contributed by atoms with Crippen molar-refractivity contribution in [3.05, 3.63) is 0 Å². The fourth-order valence-electron chi connectivity index (χ4n) is 0.397. The maximum Gasteiger partial charge on any atom is 0.161 e. The van der Waals surface area contributed by atoms with E-state index < -0.39 is 11.7 Å². The van der Waals surface area contributed by atoms with Gasteiger partial charge in [-0.05, 0) is 0 Å². The third-order valence-corrected chi connectivity index (χ3v) is 1.30. The van der Waals surface area contributed by atoms with E-state index in [4.69, 9.17) is 10.2 Å². The van der Waals surface area contributed by atoms with Gasteiger partial charge in [0, 0.05) is 12.5 Å². The standard InChI is InChI=1S/C6H14O3/c1-6(2,4-7)5(8)9-3/h5,7-8H,4H2,1-3H3. The number of ether oxygens (including phenoxy) is 1. The lowest BCUT2D eigenvalue weighted by molar-refractivity contribution is -0.158. The summed E-state index contributed by atoms with van der Waals surface area (Å²) in [7, 11) is 1.40. The van der Waals surface area contributed by atoms with Gasteiger partial charge >= 0.3 is 0 Å². The number of aliphatic hydroxyl groups excluding tert-OH is 2. The Morgan fingerprint density at radius 2 is 2.00 bits per heavy atom. The molecule has 0 bridgehead atoms. The molecule has 3 heteroatoms. The van der Waals surface area contributed by atoms with Crippen LogP contribution >= 0.6 is 0 Å². The number of hydrogen-bond acceptors (Lipinski definition) is 3. The SMILES string of the molecule is COC(O)C(C)(C)CO. The fourth-order valence-corrected chi connectivity index (χ4v) is 0.397. The van der Waals surface area contributed by atoms with Crippen LogP contribution in [-0.4, -0.2) is 30.2 Å². The first kappa shape index (κ1) is 8.88.